The minimum Gasteiger partial charge on any atom is -0.356 e. The van der Waals surface area contributed by atoms with Gasteiger partial charge in [0.15, 0.2) is 5.71 Å². The van der Waals surface area contributed by atoms with Crippen LogP contribution in [-0.2, 0) is 38.8 Å². The van der Waals surface area contributed by atoms with Crippen LogP contribution in [0.2, 0.25) is 0 Å². The second-order valence-electron chi connectivity index (χ2n) is 16.0. The molecule has 2 aliphatic heterocycles. The number of rotatable bonds is 19. The van der Waals surface area contributed by atoms with E-state index in [-0.39, 0.29) is 29.0 Å². The average Bonchev–Trinajstić information content (AvgIpc) is 3.73. The number of carbonyl (C=O) groups is 1. The molecule has 3 aromatic carbocycles. The number of aryl methyl sites for hydroxylation is 1. The molecule has 4 aromatic rings. The lowest BCUT2D eigenvalue weighted by Crippen LogP contribution is -2.28. The van der Waals surface area contributed by atoms with Gasteiger partial charge < -0.3 is 14.8 Å². The van der Waals surface area contributed by atoms with Crippen molar-refractivity contribution < 1.29 is 22.3 Å². The van der Waals surface area contributed by atoms with Gasteiger partial charge in [0.1, 0.15) is 12.4 Å². The maximum absolute atomic E-state index is 12.7. The summed E-state index contributed by atoms with van der Waals surface area (Å²) < 4.78 is 36.5. The smallest absolute Gasteiger partial charge is 0.265 e. The Morgan fingerprint density at radius 1 is 0.897 bits per heavy atom. The van der Waals surface area contributed by atoms with E-state index < -0.39 is 10.1 Å². The van der Waals surface area contributed by atoms with Gasteiger partial charge in [0.05, 0.1) is 28.7 Å². The Hall–Kier alpha value is -5.49. The van der Waals surface area contributed by atoms with Crippen molar-refractivity contribution in [1.82, 2.24) is 14.9 Å². The molecule has 0 fully saturated rings. The van der Waals surface area contributed by atoms with Crippen molar-refractivity contribution >= 4 is 44.1 Å². The maximum Gasteiger partial charge on any atom is 0.265 e. The molecule has 0 bridgehead atoms. The van der Waals surface area contributed by atoms with Crippen molar-refractivity contribution in [3.8, 4) is 0 Å². The molecule has 3 heterocycles. The average molecular weight is 804 g/mol. The van der Waals surface area contributed by atoms with Crippen molar-refractivity contribution in [1.29, 1.82) is 0 Å². The van der Waals surface area contributed by atoms with Crippen molar-refractivity contribution in [2.45, 2.75) is 90.1 Å². The minimum absolute atomic E-state index is 0.0560. The highest BCUT2D eigenvalue weighted by atomic mass is 32.2. The van der Waals surface area contributed by atoms with Crippen molar-refractivity contribution in [2.24, 2.45) is 5.11 Å². The van der Waals surface area contributed by atoms with Crippen LogP contribution in [0.3, 0.4) is 0 Å². The highest BCUT2D eigenvalue weighted by molar-refractivity contribution is 7.85. The summed E-state index contributed by atoms with van der Waals surface area (Å²) in [6, 6.07) is 24.6. The van der Waals surface area contributed by atoms with E-state index in [1.807, 2.05) is 48.6 Å². The number of fused-ring (bicyclic) bond motifs is 3. The van der Waals surface area contributed by atoms with Gasteiger partial charge in [-0.15, -0.1) is 0 Å². The minimum atomic E-state index is -4.04. The Morgan fingerprint density at radius 3 is 2.43 bits per heavy atom. The molecule has 0 atom stereocenters. The number of nitrogens with one attached hydrogen (secondary N) is 1. The molecule has 0 radical (unpaired) electrons. The molecule has 6 rings (SSSR count). The summed E-state index contributed by atoms with van der Waals surface area (Å²) in [5.41, 5.74) is 17.2. The van der Waals surface area contributed by atoms with Crippen LogP contribution in [0, 0.1) is 0 Å². The van der Waals surface area contributed by atoms with E-state index in [9.17, 15) is 17.8 Å². The van der Waals surface area contributed by atoms with Gasteiger partial charge in [-0.25, -0.2) is 4.98 Å². The van der Waals surface area contributed by atoms with E-state index in [2.05, 4.69) is 117 Å². The van der Waals surface area contributed by atoms with E-state index in [4.69, 9.17) is 5.53 Å². The number of nitrogens with zero attached hydrogens (tertiary/aromatic N) is 7. The second kappa shape index (κ2) is 18.4. The third-order valence-electron chi connectivity index (χ3n) is 11.3. The molecule has 304 valence electrons. The molecule has 2 aliphatic rings. The van der Waals surface area contributed by atoms with Gasteiger partial charge in [-0.1, -0.05) is 92.1 Å². The highest BCUT2D eigenvalue weighted by Gasteiger charge is 2.44. The van der Waals surface area contributed by atoms with Crippen molar-refractivity contribution in [2.75, 3.05) is 30.3 Å². The van der Waals surface area contributed by atoms with Crippen LogP contribution in [-0.4, -0.2) is 64.1 Å². The second-order valence-corrected chi connectivity index (χ2v) is 17.6. The number of azide groups is 1. The number of amides is 1. The Labute approximate surface area is 342 Å². The summed E-state index contributed by atoms with van der Waals surface area (Å²) in [5.74, 6) is 0.495. The molecule has 0 saturated carbocycles. The van der Waals surface area contributed by atoms with Crippen LogP contribution in [0.15, 0.2) is 114 Å². The van der Waals surface area contributed by atoms with E-state index in [0.29, 0.717) is 32.5 Å². The molecule has 13 heteroatoms. The largest absolute Gasteiger partial charge is 0.356 e. The van der Waals surface area contributed by atoms with Gasteiger partial charge in [0, 0.05) is 71.9 Å². The van der Waals surface area contributed by atoms with Crippen LogP contribution >= 0.6 is 0 Å². The molecular formula is C45H55N8O4S+. The van der Waals surface area contributed by atoms with E-state index in [0.717, 1.165) is 60.5 Å². The van der Waals surface area contributed by atoms with Gasteiger partial charge >= 0.3 is 0 Å². The zero-order chi connectivity index (χ0) is 41.3. The molecule has 2 N–H and O–H groups in total. The van der Waals surface area contributed by atoms with Gasteiger partial charge in [-0.2, -0.15) is 13.0 Å². The first-order chi connectivity index (χ1) is 27.8. The number of hydrogen-bond acceptors (Lipinski definition) is 6. The first kappa shape index (κ1) is 42.1. The molecule has 0 unspecified atom stereocenters. The molecule has 0 aliphatic carbocycles. The lowest BCUT2D eigenvalue weighted by molar-refractivity contribution is -0.437. The Balaban J connectivity index is 1.04. The molecule has 0 spiro atoms. The topological polar surface area (TPSA) is 156 Å². The quantitative estimate of drug-likeness (QED) is 0.0183. The third kappa shape index (κ3) is 9.61. The number of imidazole rings is 1. The number of aromatic nitrogens is 2. The SMILES string of the molecule is CC1(C)C(/C=C/C=C/C=C2/N(CCCCCC(=O)NCCCn3c(CN=[N+]=[N-])nc4ccccc43)c3ccccc3C2(C)C)=[N+](CCCS(=O)(=O)O)c2ccccc21. The predicted octanol–water partition coefficient (Wildman–Crippen LogP) is 9.06. The Kier molecular flexibility index (Phi) is 13.4. The summed E-state index contributed by atoms with van der Waals surface area (Å²) in [4.78, 5) is 22.7. The molecule has 0 saturated heterocycles. The zero-order valence-corrected chi connectivity index (χ0v) is 34.8. The van der Waals surface area contributed by atoms with Crippen LogP contribution in [0.5, 0.6) is 0 Å². The van der Waals surface area contributed by atoms with Gasteiger partial charge in [-0.05, 0) is 68.5 Å². The Bertz CT molecular complexity index is 2420. The Morgan fingerprint density at radius 2 is 1.64 bits per heavy atom. The standard InChI is InChI=1S/C45H54N8O4S/c1-44(2)34-19-10-13-22-37(34)51(29-16-6-9-27-43(54)47-28-17-30-53-39-24-15-12-21-36(39)49-42(53)33-48-50-46)40(44)25-7-5-8-26-41-45(3,4)35-20-11-14-23-38(35)52(41)31-18-32-58(55,56)57/h5,7-8,10-15,19-26H,6,9,16-18,27-33H2,1-4H3,(H-,47,54,55,56,57)/p+1. The van der Waals surface area contributed by atoms with E-state index in [1.165, 1.54) is 22.5 Å². The summed E-state index contributed by atoms with van der Waals surface area (Å²) in [5, 5.41) is 6.78. The van der Waals surface area contributed by atoms with Gasteiger partial charge in [-0.3, -0.25) is 9.35 Å². The summed E-state index contributed by atoms with van der Waals surface area (Å²) >= 11 is 0. The van der Waals surface area contributed by atoms with Crippen LogP contribution < -0.4 is 10.2 Å². The maximum atomic E-state index is 12.7. The summed E-state index contributed by atoms with van der Waals surface area (Å²) in [6.07, 6.45) is 14.7. The van der Waals surface area contributed by atoms with Gasteiger partial charge in [0.2, 0.25) is 11.6 Å². The predicted molar refractivity (Wildman–Crippen MR) is 232 cm³/mol. The number of benzene rings is 3. The number of allylic oxidation sites excluding steroid dienone is 6. The monoisotopic (exact) mass is 803 g/mol. The van der Waals surface area contributed by atoms with Crippen LogP contribution in [0.1, 0.15) is 83.2 Å². The lowest BCUT2D eigenvalue weighted by atomic mass is 9.81. The van der Waals surface area contributed by atoms with E-state index >= 15 is 0 Å². The number of carbonyl (C=O) groups excluding carboxylic acids is 1. The van der Waals surface area contributed by atoms with Gasteiger partial charge in [0.25, 0.3) is 10.1 Å². The first-order valence-corrected chi connectivity index (χ1v) is 21.8. The summed E-state index contributed by atoms with van der Waals surface area (Å²) in [7, 11) is -4.04. The van der Waals surface area contributed by atoms with Crippen LogP contribution in [0.4, 0.5) is 11.4 Å². The molecule has 12 nitrogen and oxygen atoms in total. The third-order valence-corrected chi connectivity index (χ3v) is 12.1. The number of unbranched alkanes of at least 4 members (excludes halogenated alkanes) is 2. The first-order valence-electron chi connectivity index (χ1n) is 20.2. The number of para-hydroxylation sites is 4. The molecule has 1 aromatic heterocycles. The molecule has 1 amide bonds. The number of anilines is 1. The van der Waals surface area contributed by atoms with Crippen molar-refractivity contribution in [3.05, 3.63) is 136 Å². The molecule has 58 heavy (non-hydrogen) atoms. The van der Waals surface area contributed by atoms with Crippen molar-refractivity contribution in [3.63, 3.8) is 0 Å². The highest BCUT2D eigenvalue weighted by Crippen LogP contribution is 2.47. The van der Waals surface area contributed by atoms with Crippen LogP contribution in [0.25, 0.3) is 21.5 Å². The van der Waals surface area contributed by atoms with E-state index in [1.54, 1.807) is 0 Å². The fraction of sp³-hybridized carbons (Fsp3) is 0.400. The summed E-state index contributed by atoms with van der Waals surface area (Å²) in [6.45, 7) is 11.6. The fourth-order valence-electron chi connectivity index (χ4n) is 8.40. The molecular weight excluding hydrogens is 749 g/mol. The number of hydrogen-bond donors (Lipinski definition) is 2. The fourth-order valence-corrected chi connectivity index (χ4v) is 8.90. The zero-order valence-electron chi connectivity index (χ0n) is 34.0. The normalized spacial score (nSPS) is 16.4. The lowest BCUT2D eigenvalue weighted by Gasteiger charge is -2.27.